The quantitative estimate of drug-likeness (QED) is 0.200. The highest BCUT2D eigenvalue weighted by molar-refractivity contribution is 6.36. The highest BCUT2D eigenvalue weighted by Gasteiger charge is 2.49. The van der Waals surface area contributed by atoms with E-state index in [0.29, 0.717) is 0 Å². The third kappa shape index (κ3) is 3.34. The second kappa shape index (κ2) is 6.57. The summed E-state index contributed by atoms with van der Waals surface area (Å²) in [7, 11) is 0. The molecule has 0 radical (unpaired) electrons. The van der Waals surface area contributed by atoms with Crippen molar-refractivity contribution in [3.63, 3.8) is 0 Å². The lowest BCUT2D eigenvalue weighted by molar-refractivity contribution is -0.181. The van der Waals surface area contributed by atoms with Gasteiger partial charge in [0.2, 0.25) is 0 Å². The van der Waals surface area contributed by atoms with Crippen LogP contribution in [-0.4, -0.2) is 72.9 Å². The van der Waals surface area contributed by atoms with Gasteiger partial charge >= 0.3 is 5.97 Å². The topological polar surface area (TPSA) is 156 Å². The first-order valence-corrected chi connectivity index (χ1v) is 4.98. The van der Waals surface area contributed by atoms with Crippen LogP contribution in [0.4, 0.5) is 0 Å². The molecule has 0 aliphatic rings. The van der Waals surface area contributed by atoms with E-state index in [1.54, 1.807) is 0 Å². The molecule has 0 saturated heterocycles. The van der Waals surface area contributed by atoms with Gasteiger partial charge in [0.05, 0.1) is 6.61 Å². The Morgan fingerprint density at radius 1 is 1.28 bits per heavy atom. The summed E-state index contributed by atoms with van der Waals surface area (Å²) in [6, 6.07) is 0. The van der Waals surface area contributed by atoms with E-state index in [1.165, 1.54) is 0 Å². The number of aliphatic hydroxyl groups excluding tert-OH is 4. The van der Waals surface area contributed by atoms with Crippen molar-refractivity contribution in [2.75, 3.05) is 6.61 Å². The van der Waals surface area contributed by atoms with E-state index in [2.05, 4.69) is 6.58 Å². The zero-order valence-electron chi connectivity index (χ0n) is 9.43. The van der Waals surface area contributed by atoms with Crippen molar-refractivity contribution in [1.29, 1.82) is 0 Å². The van der Waals surface area contributed by atoms with Crippen molar-refractivity contribution in [2.45, 2.75) is 30.3 Å². The van der Waals surface area contributed by atoms with Crippen LogP contribution < -0.4 is 0 Å². The smallest absolute Gasteiger partial charge is 0.375 e. The SMILES string of the molecule is C=CC[C@](O)(C(=O)C(=O)O)[C@@H](O)[C@H](O)[C@H](O)CO. The van der Waals surface area contributed by atoms with Crippen molar-refractivity contribution in [3.8, 4) is 0 Å². The number of carbonyl (C=O) groups is 2. The molecule has 0 aliphatic carbocycles. The molecule has 18 heavy (non-hydrogen) atoms. The molecule has 0 amide bonds. The fourth-order valence-electron chi connectivity index (χ4n) is 1.35. The Balaban J connectivity index is 5.27. The van der Waals surface area contributed by atoms with E-state index in [9.17, 15) is 24.9 Å². The van der Waals surface area contributed by atoms with E-state index >= 15 is 0 Å². The molecule has 0 rings (SSSR count). The van der Waals surface area contributed by atoms with Crippen molar-refractivity contribution in [1.82, 2.24) is 0 Å². The molecule has 0 unspecified atom stereocenters. The monoisotopic (exact) mass is 264 g/mol. The second-order valence-corrected chi connectivity index (χ2v) is 3.74. The number of ketones is 1. The van der Waals surface area contributed by atoms with Gasteiger partial charge in [0.25, 0.3) is 5.78 Å². The fraction of sp³-hybridized carbons (Fsp3) is 0.600. The summed E-state index contributed by atoms with van der Waals surface area (Å²) in [5, 5.41) is 55.0. The van der Waals surface area contributed by atoms with E-state index in [0.717, 1.165) is 6.08 Å². The summed E-state index contributed by atoms with van der Waals surface area (Å²) >= 11 is 0. The minimum absolute atomic E-state index is 0.644. The number of carboxylic acids is 1. The Bertz CT molecular complexity index is 328. The van der Waals surface area contributed by atoms with Crippen LogP contribution in [0.2, 0.25) is 0 Å². The molecular formula is C10H16O8. The summed E-state index contributed by atoms with van der Waals surface area (Å²) in [6.45, 7) is 2.24. The van der Waals surface area contributed by atoms with Gasteiger partial charge in [-0.1, -0.05) is 6.08 Å². The van der Waals surface area contributed by atoms with Crippen molar-refractivity contribution >= 4 is 11.8 Å². The summed E-state index contributed by atoms with van der Waals surface area (Å²) < 4.78 is 0. The normalized spacial score (nSPS) is 19.4. The molecule has 0 fully saturated rings. The summed E-state index contributed by atoms with van der Waals surface area (Å²) in [4.78, 5) is 21.8. The van der Waals surface area contributed by atoms with Crippen LogP contribution in [-0.2, 0) is 9.59 Å². The van der Waals surface area contributed by atoms with Gasteiger partial charge in [0.15, 0.2) is 5.60 Å². The maximum atomic E-state index is 11.3. The zero-order valence-corrected chi connectivity index (χ0v) is 9.43. The molecule has 0 aromatic heterocycles. The molecule has 8 nitrogen and oxygen atoms in total. The minimum atomic E-state index is -2.83. The Hall–Kier alpha value is -1.32. The van der Waals surface area contributed by atoms with Gasteiger partial charge in [0, 0.05) is 6.42 Å². The van der Waals surface area contributed by atoms with Crippen molar-refractivity contribution < 1.29 is 40.2 Å². The standard InChI is InChI=1S/C10H16O8/c1-2-3-10(18,8(15)9(16)17)7(14)6(13)5(12)4-11/h2,5-7,11-14,18H,1,3-4H2,(H,16,17)/t5-,6-,7+,10-/m1/s1. The van der Waals surface area contributed by atoms with Crippen LogP contribution in [0.5, 0.6) is 0 Å². The van der Waals surface area contributed by atoms with Gasteiger partial charge in [-0.15, -0.1) is 6.58 Å². The Kier molecular flexibility index (Phi) is 6.09. The number of carbonyl (C=O) groups excluding carboxylic acids is 1. The molecule has 6 N–H and O–H groups in total. The molecule has 0 aromatic carbocycles. The first-order chi connectivity index (χ1) is 8.22. The number of hydrogen-bond donors (Lipinski definition) is 6. The summed E-state index contributed by atoms with van der Waals surface area (Å²) in [5.41, 5.74) is -2.83. The largest absolute Gasteiger partial charge is 0.475 e. The first kappa shape index (κ1) is 16.7. The highest BCUT2D eigenvalue weighted by Crippen LogP contribution is 2.22. The van der Waals surface area contributed by atoms with Gasteiger partial charge in [-0.05, 0) is 0 Å². The molecule has 0 aliphatic heterocycles. The lowest BCUT2D eigenvalue weighted by Gasteiger charge is -2.33. The number of aliphatic hydroxyl groups is 5. The molecule has 8 heteroatoms. The Labute approximate surface area is 102 Å². The molecule has 4 atom stereocenters. The van der Waals surface area contributed by atoms with Crippen LogP contribution in [0.15, 0.2) is 12.7 Å². The molecule has 0 heterocycles. The van der Waals surface area contributed by atoms with Crippen LogP contribution in [0, 0.1) is 0 Å². The fourth-order valence-corrected chi connectivity index (χ4v) is 1.35. The van der Waals surface area contributed by atoms with Gasteiger partial charge in [-0.25, -0.2) is 4.79 Å². The average Bonchev–Trinajstić information content (AvgIpc) is 2.34. The highest BCUT2D eigenvalue weighted by atomic mass is 16.4. The lowest BCUT2D eigenvalue weighted by Crippen LogP contribution is -2.59. The van der Waals surface area contributed by atoms with E-state index in [4.69, 9.17) is 15.3 Å². The van der Waals surface area contributed by atoms with Crippen LogP contribution in [0.1, 0.15) is 6.42 Å². The van der Waals surface area contributed by atoms with Crippen molar-refractivity contribution in [2.24, 2.45) is 0 Å². The van der Waals surface area contributed by atoms with Crippen LogP contribution in [0.3, 0.4) is 0 Å². The summed E-state index contributed by atoms with van der Waals surface area (Å²) in [6.07, 6.45) is -5.89. The number of hydrogen-bond acceptors (Lipinski definition) is 7. The second-order valence-electron chi connectivity index (χ2n) is 3.74. The first-order valence-electron chi connectivity index (χ1n) is 4.98. The van der Waals surface area contributed by atoms with Crippen LogP contribution in [0.25, 0.3) is 0 Å². The molecular weight excluding hydrogens is 248 g/mol. The average molecular weight is 264 g/mol. The maximum Gasteiger partial charge on any atom is 0.375 e. The zero-order chi connectivity index (χ0) is 14.5. The minimum Gasteiger partial charge on any atom is -0.475 e. The third-order valence-electron chi connectivity index (χ3n) is 2.44. The number of rotatable bonds is 8. The molecule has 0 bridgehead atoms. The number of carboxylic acid groups (broad SMARTS) is 1. The number of Topliss-reactive ketones (excluding diaryl/α,β-unsaturated/α-hetero) is 1. The predicted octanol–water partition coefficient (Wildman–Crippen LogP) is -2.98. The van der Waals surface area contributed by atoms with Crippen molar-refractivity contribution in [3.05, 3.63) is 12.7 Å². The van der Waals surface area contributed by atoms with Gasteiger partial charge < -0.3 is 30.6 Å². The van der Waals surface area contributed by atoms with Gasteiger partial charge in [-0.3, -0.25) is 4.79 Å². The predicted molar refractivity (Wildman–Crippen MR) is 57.5 cm³/mol. The van der Waals surface area contributed by atoms with Crippen LogP contribution >= 0.6 is 0 Å². The molecule has 0 saturated carbocycles. The molecule has 0 aromatic rings. The lowest BCUT2D eigenvalue weighted by atomic mass is 9.83. The van der Waals surface area contributed by atoms with E-state index < -0.39 is 48.7 Å². The molecule has 104 valence electrons. The van der Waals surface area contributed by atoms with Gasteiger partial charge in [0.1, 0.15) is 18.3 Å². The maximum absolute atomic E-state index is 11.3. The summed E-state index contributed by atoms with van der Waals surface area (Å²) in [5.74, 6) is -3.76. The third-order valence-corrected chi connectivity index (χ3v) is 2.44. The van der Waals surface area contributed by atoms with E-state index in [1.807, 2.05) is 0 Å². The number of aliphatic carboxylic acids is 1. The van der Waals surface area contributed by atoms with Gasteiger partial charge in [-0.2, -0.15) is 0 Å². The van der Waals surface area contributed by atoms with E-state index in [-0.39, 0.29) is 0 Å². The Morgan fingerprint density at radius 2 is 1.78 bits per heavy atom. The Morgan fingerprint density at radius 3 is 2.11 bits per heavy atom. The molecule has 0 spiro atoms.